The van der Waals surface area contributed by atoms with E-state index in [1.807, 2.05) is 12.1 Å². The van der Waals surface area contributed by atoms with E-state index in [1.165, 1.54) is 0 Å². The van der Waals surface area contributed by atoms with Crippen LogP contribution in [0.5, 0.6) is 5.75 Å². The summed E-state index contributed by atoms with van der Waals surface area (Å²) >= 11 is 0. The Labute approximate surface area is 173 Å². The van der Waals surface area contributed by atoms with Crippen LogP contribution in [-0.4, -0.2) is 45.8 Å². The average Bonchev–Trinajstić information content (AvgIpc) is 2.73. The van der Waals surface area contributed by atoms with Crippen molar-refractivity contribution < 1.29 is 24.9 Å². The van der Waals surface area contributed by atoms with Crippen molar-refractivity contribution in [3.8, 4) is 5.75 Å². The molecular weight excluding hydrogens is 370 g/mol. The first kappa shape index (κ1) is 23.4. The SMILES string of the molecule is CCCCCC(O)CCC1C(=N)Cc2cccc(OCC(=O)O)c2CCCC1O. The van der Waals surface area contributed by atoms with E-state index in [4.69, 9.17) is 15.3 Å². The predicted octanol–water partition coefficient (Wildman–Crippen LogP) is 3.75. The highest BCUT2D eigenvalue weighted by atomic mass is 16.5. The third-order valence-corrected chi connectivity index (χ3v) is 5.75. The molecule has 0 amide bonds. The van der Waals surface area contributed by atoms with E-state index in [1.54, 1.807) is 6.07 Å². The largest absolute Gasteiger partial charge is 0.482 e. The lowest BCUT2D eigenvalue weighted by Crippen LogP contribution is -2.30. The van der Waals surface area contributed by atoms with Gasteiger partial charge in [0.2, 0.25) is 0 Å². The summed E-state index contributed by atoms with van der Waals surface area (Å²) in [5.41, 5.74) is 2.36. The lowest BCUT2D eigenvalue weighted by atomic mass is 9.86. The number of carboxylic acid groups (broad SMARTS) is 1. The Balaban J connectivity index is 2.07. The Hall–Kier alpha value is -1.92. The molecule has 0 radical (unpaired) electrons. The van der Waals surface area contributed by atoms with Crippen LogP contribution in [0.15, 0.2) is 18.2 Å². The van der Waals surface area contributed by atoms with Gasteiger partial charge in [-0.05, 0) is 55.7 Å². The number of hydrogen-bond donors (Lipinski definition) is 4. The van der Waals surface area contributed by atoms with Gasteiger partial charge in [0.25, 0.3) is 0 Å². The second kappa shape index (κ2) is 11.9. The van der Waals surface area contributed by atoms with E-state index in [0.29, 0.717) is 43.6 Å². The first-order valence-electron chi connectivity index (χ1n) is 10.8. The van der Waals surface area contributed by atoms with Crippen LogP contribution in [0.25, 0.3) is 0 Å². The fraction of sp³-hybridized carbons (Fsp3) is 0.652. The number of benzene rings is 1. The van der Waals surface area contributed by atoms with E-state index in [-0.39, 0.29) is 12.0 Å². The van der Waals surface area contributed by atoms with Crippen molar-refractivity contribution >= 4 is 11.7 Å². The molecule has 0 heterocycles. The topological polar surface area (TPSA) is 111 Å². The van der Waals surface area contributed by atoms with Crippen molar-refractivity contribution in [2.75, 3.05) is 6.61 Å². The zero-order chi connectivity index (χ0) is 21.2. The van der Waals surface area contributed by atoms with Crippen LogP contribution in [0.2, 0.25) is 0 Å². The molecule has 0 saturated carbocycles. The van der Waals surface area contributed by atoms with Crippen LogP contribution in [0.4, 0.5) is 0 Å². The Morgan fingerprint density at radius 3 is 2.83 bits per heavy atom. The molecule has 6 heteroatoms. The zero-order valence-corrected chi connectivity index (χ0v) is 17.4. The lowest BCUT2D eigenvalue weighted by Gasteiger charge is -2.24. The van der Waals surface area contributed by atoms with Crippen molar-refractivity contribution in [3.63, 3.8) is 0 Å². The molecule has 4 N–H and O–H groups in total. The number of rotatable bonds is 10. The first-order chi connectivity index (χ1) is 13.9. The Morgan fingerprint density at radius 1 is 1.31 bits per heavy atom. The molecule has 0 bridgehead atoms. The third kappa shape index (κ3) is 7.44. The van der Waals surface area contributed by atoms with Crippen LogP contribution in [-0.2, 0) is 17.6 Å². The van der Waals surface area contributed by atoms with Gasteiger partial charge >= 0.3 is 5.97 Å². The molecule has 0 spiro atoms. The minimum absolute atomic E-state index is 0.259. The van der Waals surface area contributed by atoms with Gasteiger partial charge in [0.05, 0.1) is 12.2 Å². The molecule has 0 aliphatic heterocycles. The second-order valence-electron chi connectivity index (χ2n) is 8.07. The molecule has 0 fully saturated rings. The predicted molar refractivity (Wildman–Crippen MR) is 113 cm³/mol. The molecule has 0 saturated heterocycles. The molecule has 3 atom stereocenters. The highest BCUT2D eigenvalue weighted by Gasteiger charge is 2.27. The average molecular weight is 406 g/mol. The molecule has 1 aliphatic carbocycles. The second-order valence-corrected chi connectivity index (χ2v) is 8.07. The fourth-order valence-corrected chi connectivity index (χ4v) is 4.11. The summed E-state index contributed by atoms with van der Waals surface area (Å²) in [7, 11) is 0. The van der Waals surface area contributed by atoms with E-state index in [9.17, 15) is 15.0 Å². The van der Waals surface area contributed by atoms with Crippen LogP contribution in [0.3, 0.4) is 0 Å². The van der Waals surface area contributed by atoms with Gasteiger partial charge in [-0.1, -0.05) is 38.3 Å². The molecule has 2 rings (SSSR count). The molecule has 1 aromatic carbocycles. The normalized spacial score (nSPS) is 20.9. The molecular formula is C23H35NO5. The summed E-state index contributed by atoms with van der Waals surface area (Å²) in [4.78, 5) is 10.9. The first-order valence-corrected chi connectivity index (χ1v) is 10.8. The van der Waals surface area contributed by atoms with Gasteiger partial charge in [-0.25, -0.2) is 4.79 Å². The number of carboxylic acids is 1. The fourth-order valence-electron chi connectivity index (χ4n) is 4.11. The number of unbranched alkanes of at least 4 members (excludes halogenated alkanes) is 2. The minimum Gasteiger partial charge on any atom is -0.482 e. The zero-order valence-electron chi connectivity index (χ0n) is 17.4. The summed E-state index contributed by atoms with van der Waals surface area (Å²) in [6.07, 6.45) is 6.66. The molecule has 162 valence electrons. The van der Waals surface area contributed by atoms with Gasteiger partial charge in [0.1, 0.15) is 5.75 Å². The minimum atomic E-state index is -1.02. The van der Waals surface area contributed by atoms with Gasteiger partial charge in [0.15, 0.2) is 6.61 Å². The Kier molecular flexibility index (Phi) is 9.61. The van der Waals surface area contributed by atoms with E-state index in [2.05, 4.69) is 6.92 Å². The van der Waals surface area contributed by atoms with Crippen LogP contribution >= 0.6 is 0 Å². The van der Waals surface area contributed by atoms with Crippen molar-refractivity contribution in [2.24, 2.45) is 5.92 Å². The number of aliphatic hydroxyl groups is 2. The maximum atomic E-state index is 10.9. The number of aliphatic carboxylic acids is 1. The highest BCUT2D eigenvalue weighted by molar-refractivity contribution is 5.87. The van der Waals surface area contributed by atoms with E-state index in [0.717, 1.165) is 43.2 Å². The summed E-state index contributed by atoms with van der Waals surface area (Å²) in [5, 5.41) is 38.4. The number of aliphatic hydroxyl groups excluding tert-OH is 2. The molecule has 0 aromatic heterocycles. The van der Waals surface area contributed by atoms with Gasteiger partial charge in [-0.2, -0.15) is 0 Å². The maximum Gasteiger partial charge on any atom is 0.341 e. The quantitative estimate of drug-likeness (QED) is 0.443. The number of fused-ring (bicyclic) bond motifs is 1. The Morgan fingerprint density at radius 2 is 2.10 bits per heavy atom. The smallest absolute Gasteiger partial charge is 0.341 e. The molecule has 1 aromatic rings. The van der Waals surface area contributed by atoms with Crippen molar-refractivity contribution in [3.05, 3.63) is 29.3 Å². The lowest BCUT2D eigenvalue weighted by molar-refractivity contribution is -0.139. The monoisotopic (exact) mass is 405 g/mol. The number of nitrogens with one attached hydrogen (secondary N) is 1. The van der Waals surface area contributed by atoms with E-state index < -0.39 is 18.7 Å². The number of hydrogen-bond acceptors (Lipinski definition) is 5. The molecule has 1 aliphatic rings. The number of carbonyl (C=O) groups is 1. The molecule has 29 heavy (non-hydrogen) atoms. The van der Waals surface area contributed by atoms with Crippen LogP contribution in [0, 0.1) is 11.3 Å². The highest BCUT2D eigenvalue weighted by Crippen LogP contribution is 2.30. The van der Waals surface area contributed by atoms with Gasteiger partial charge in [0, 0.05) is 18.1 Å². The maximum absolute atomic E-state index is 10.9. The van der Waals surface area contributed by atoms with Gasteiger partial charge in [-0.15, -0.1) is 0 Å². The molecule has 3 unspecified atom stereocenters. The van der Waals surface area contributed by atoms with Gasteiger partial charge < -0.3 is 25.5 Å². The third-order valence-electron chi connectivity index (χ3n) is 5.75. The number of ether oxygens (including phenoxy) is 1. The van der Waals surface area contributed by atoms with Gasteiger partial charge in [-0.3, -0.25) is 0 Å². The molecule has 6 nitrogen and oxygen atoms in total. The van der Waals surface area contributed by atoms with Crippen molar-refractivity contribution in [2.45, 2.75) is 83.3 Å². The van der Waals surface area contributed by atoms with E-state index >= 15 is 0 Å². The standard InChI is InChI=1S/C23H35NO5/c1-2-3-4-8-17(25)12-13-19-20(24)14-16-7-5-11-22(29-15-23(27)28)18(16)9-6-10-21(19)26/h5,7,11,17,19,21,24-26H,2-4,6,8-10,12-15H2,1H3,(H,27,28). The van der Waals surface area contributed by atoms with Crippen molar-refractivity contribution in [1.29, 1.82) is 5.41 Å². The van der Waals surface area contributed by atoms with Crippen LogP contribution in [0.1, 0.15) is 69.4 Å². The summed E-state index contributed by atoms with van der Waals surface area (Å²) in [6.45, 7) is 1.74. The van der Waals surface area contributed by atoms with Crippen molar-refractivity contribution in [1.82, 2.24) is 0 Å². The summed E-state index contributed by atoms with van der Waals surface area (Å²) in [5.74, 6) is -0.728. The summed E-state index contributed by atoms with van der Waals surface area (Å²) < 4.78 is 5.45. The summed E-state index contributed by atoms with van der Waals surface area (Å²) in [6, 6.07) is 5.54. The Bertz CT molecular complexity index is 675. The van der Waals surface area contributed by atoms with Crippen LogP contribution < -0.4 is 4.74 Å².